The van der Waals surface area contributed by atoms with Crippen LogP contribution in [0.5, 0.6) is 11.8 Å². The number of H-pyrrole nitrogens is 1. The van der Waals surface area contributed by atoms with E-state index in [-0.39, 0.29) is 11.8 Å². The van der Waals surface area contributed by atoms with Crippen LogP contribution in [0, 0.1) is 6.92 Å². The number of benzene rings is 1. The minimum atomic E-state index is -0.103. The smallest absolute Gasteiger partial charge is 0.259 e. The van der Waals surface area contributed by atoms with Gasteiger partial charge in [0.15, 0.2) is 0 Å². The summed E-state index contributed by atoms with van der Waals surface area (Å²) in [6.45, 7) is 2.85. The molecule has 0 aliphatic carbocycles. The molecule has 3 heterocycles. The molecule has 1 aliphatic heterocycles. The molecular formula is C23H27N5O4. The number of aromatic nitrogens is 3. The van der Waals surface area contributed by atoms with E-state index in [4.69, 9.17) is 9.47 Å². The number of aryl methyl sites for hydroxylation is 2. The Morgan fingerprint density at radius 1 is 1.31 bits per heavy atom. The molecule has 0 spiro atoms. The topological polar surface area (TPSA) is 101 Å². The third-order valence-electron chi connectivity index (χ3n) is 5.50. The van der Waals surface area contributed by atoms with Gasteiger partial charge in [0.25, 0.3) is 5.91 Å². The number of ether oxygens (including phenoxy) is 2. The molecule has 0 radical (unpaired) electrons. The van der Waals surface area contributed by atoms with Crippen LogP contribution < -0.4 is 14.8 Å². The summed E-state index contributed by atoms with van der Waals surface area (Å²) in [5.74, 6) is 1.03. The molecule has 2 amide bonds. The first kappa shape index (κ1) is 21.5. The van der Waals surface area contributed by atoms with E-state index in [0.29, 0.717) is 43.3 Å². The van der Waals surface area contributed by atoms with Gasteiger partial charge in [-0.1, -0.05) is 6.07 Å². The molecule has 3 aromatic rings. The Balaban J connectivity index is 1.37. The number of fused-ring (bicyclic) bond motifs is 1. The molecule has 2 N–H and O–H groups in total. The van der Waals surface area contributed by atoms with Crippen LogP contribution in [0.15, 0.2) is 30.5 Å². The summed E-state index contributed by atoms with van der Waals surface area (Å²) in [6, 6.07) is 7.64. The Bertz CT molecular complexity index is 1160. The second kappa shape index (κ2) is 8.78. The highest BCUT2D eigenvalue weighted by molar-refractivity contribution is 5.99. The fraction of sp³-hybridized carbons (Fsp3) is 0.348. The summed E-state index contributed by atoms with van der Waals surface area (Å²) >= 11 is 0. The van der Waals surface area contributed by atoms with Gasteiger partial charge in [-0.05, 0) is 42.7 Å². The molecule has 0 saturated heterocycles. The molecule has 32 heavy (non-hydrogen) atoms. The van der Waals surface area contributed by atoms with Crippen LogP contribution in [-0.4, -0.2) is 58.8 Å². The number of anilines is 1. The Kier molecular flexibility index (Phi) is 5.89. The second-order valence-electron chi connectivity index (χ2n) is 7.91. The number of nitrogens with one attached hydrogen (secondary N) is 2. The van der Waals surface area contributed by atoms with E-state index in [1.807, 2.05) is 32.2 Å². The van der Waals surface area contributed by atoms with Crippen molar-refractivity contribution in [3.63, 3.8) is 0 Å². The molecule has 168 valence electrons. The van der Waals surface area contributed by atoms with Gasteiger partial charge in [0.2, 0.25) is 17.7 Å². The molecule has 0 bridgehead atoms. The zero-order chi connectivity index (χ0) is 22.8. The van der Waals surface area contributed by atoms with Crippen LogP contribution in [-0.2, 0) is 18.3 Å². The highest BCUT2D eigenvalue weighted by Crippen LogP contribution is 2.34. The first-order chi connectivity index (χ1) is 15.4. The number of carbonyl (C=O) groups is 2. The number of methoxy groups -OCH3 is 1. The first-order valence-electron chi connectivity index (χ1n) is 10.4. The number of hydrogen-bond donors (Lipinski definition) is 2. The van der Waals surface area contributed by atoms with Crippen molar-refractivity contribution in [1.82, 2.24) is 19.7 Å². The second-order valence-corrected chi connectivity index (χ2v) is 7.91. The molecule has 0 atom stereocenters. The SMILES string of the molecule is COc1[nH]c(C)cc1C(=O)N(C)CCCOc1c(-c2ccc3c(c2)CC(=O)N3)cnn1C. The predicted octanol–water partition coefficient (Wildman–Crippen LogP) is 2.77. The zero-order valence-corrected chi connectivity index (χ0v) is 18.7. The van der Waals surface area contributed by atoms with Gasteiger partial charge in [0.1, 0.15) is 5.56 Å². The highest BCUT2D eigenvalue weighted by atomic mass is 16.5. The quantitative estimate of drug-likeness (QED) is 0.528. The van der Waals surface area contributed by atoms with E-state index >= 15 is 0 Å². The lowest BCUT2D eigenvalue weighted by molar-refractivity contribution is -0.115. The molecule has 9 nitrogen and oxygen atoms in total. The number of rotatable bonds is 8. The number of carbonyl (C=O) groups excluding carboxylic acids is 2. The lowest BCUT2D eigenvalue weighted by atomic mass is 10.0. The fourth-order valence-corrected chi connectivity index (χ4v) is 3.85. The molecule has 4 rings (SSSR count). The van der Waals surface area contributed by atoms with E-state index in [0.717, 1.165) is 28.1 Å². The monoisotopic (exact) mass is 437 g/mol. The summed E-state index contributed by atoms with van der Waals surface area (Å²) in [7, 11) is 5.13. The van der Waals surface area contributed by atoms with Crippen LogP contribution in [0.1, 0.15) is 28.0 Å². The van der Waals surface area contributed by atoms with Crippen LogP contribution >= 0.6 is 0 Å². The van der Waals surface area contributed by atoms with Crippen molar-refractivity contribution in [3.05, 3.63) is 47.3 Å². The number of amides is 2. The summed E-state index contributed by atoms with van der Waals surface area (Å²) in [5.41, 5.74) is 5.03. The molecule has 2 aromatic heterocycles. The van der Waals surface area contributed by atoms with Crippen molar-refractivity contribution in [2.24, 2.45) is 7.05 Å². The molecule has 1 aliphatic rings. The third-order valence-corrected chi connectivity index (χ3v) is 5.50. The van der Waals surface area contributed by atoms with Crippen LogP contribution in [0.4, 0.5) is 5.69 Å². The molecule has 0 fully saturated rings. The summed E-state index contributed by atoms with van der Waals surface area (Å²) in [6.07, 6.45) is 2.80. The summed E-state index contributed by atoms with van der Waals surface area (Å²) < 4.78 is 13.0. The Morgan fingerprint density at radius 3 is 2.91 bits per heavy atom. The number of nitrogens with zero attached hydrogens (tertiary/aromatic N) is 3. The van der Waals surface area contributed by atoms with Gasteiger partial charge in [-0.2, -0.15) is 5.10 Å². The average Bonchev–Trinajstić information content (AvgIpc) is 3.45. The van der Waals surface area contributed by atoms with Gasteiger partial charge in [-0.15, -0.1) is 0 Å². The minimum absolute atomic E-state index is 0.00546. The van der Waals surface area contributed by atoms with E-state index in [2.05, 4.69) is 15.4 Å². The molecule has 1 aromatic carbocycles. The molecule has 9 heteroatoms. The largest absolute Gasteiger partial charge is 0.482 e. The lowest BCUT2D eigenvalue weighted by Gasteiger charge is -2.17. The average molecular weight is 438 g/mol. The van der Waals surface area contributed by atoms with Gasteiger partial charge in [0, 0.05) is 32.0 Å². The van der Waals surface area contributed by atoms with Gasteiger partial charge in [-0.25, -0.2) is 4.68 Å². The lowest BCUT2D eigenvalue weighted by Crippen LogP contribution is -2.28. The maximum absolute atomic E-state index is 12.7. The van der Waals surface area contributed by atoms with Crippen molar-refractivity contribution in [2.75, 3.05) is 32.6 Å². The number of aromatic amines is 1. The van der Waals surface area contributed by atoms with Crippen molar-refractivity contribution >= 4 is 17.5 Å². The van der Waals surface area contributed by atoms with E-state index < -0.39 is 0 Å². The minimum Gasteiger partial charge on any atom is -0.482 e. The van der Waals surface area contributed by atoms with Crippen LogP contribution in [0.25, 0.3) is 11.1 Å². The third kappa shape index (κ3) is 4.18. The molecular weight excluding hydrogens is 410 g/mol. The van der Waals surface area contributed by atoms with E-state index in [1.165, 1.54) is 7.11 Å². The van der Waals surface area contributed by atoms with Crippen LogP contribution in [0.2, 0.25) is 0 Å². The van der Waals surface area contributed by atoms with Crippen molar-refractivity contribution in [2.45, 2.75) is 19.8 Å². The maximum Gasteiger partial charge on any atom is 0.259 e. The molecule has 0 saturated carbocycles. The Morgan fingerprint density at radius 2 is 2.12 bits per heavy atom. The maximum atomic E-state index is 12.7. The highest BCUT2D eigenvalue weighted by Gasteiger charge is 2.21. The summed E-state index contributed by atoms with van der Waals surface area (Å²) in [5, 5.41) is 7.18. The standard InChI is InChI=1S/C23H27N5O4/c1-14-10-17(21(25-14)31-4)22(30)27(2)8-5-9-32-23-18(13-24-28(23)3)15-6-7-19-16(11-15)12-20(29)26-19/h6-7,10-11,13,25H,5,8-9,12H2,1-4H3,(H,26,29). The Hall–Kier alpha value is -3.75. The Labute approximate surface area is 186 Å². The van der Waals surface area contributed by atoms with Crippen molar-refractivity contribution in [3.8, 4) is 22.9 Å². The van der Waals surface area contributed by atoms with E-state index in [9.17, 15) is 9.59 Å². The van der Waals surface area contributed by atoms with Gasteiger partial charge in [-0.3, -0.25) is 9.59 Å². The van der Waals surface area contributed by atoms with Gasteiger partial charge < -0.3 is 24.7 Å². The van der Waals surface area contributed by atoms with Gasteiger partial charge in [0.05, 0.1) is 31.9 Å². The predicted molar refractivity (Wildman–Crippen MR) is 120 cm³/mol. The normalized spacial score (nSPS) is 12.4. The van der Waals surface area contributed by atoms with E-state index in [1.54, 1.807) is 28.9 Å². The van der Waals surface area contributed by atoms with Gasteiger partial charge >= 0.3 is 0 Å². The van der Waals surface area contributed by atoms with Crippen molar-refractivity contribution < 1.29 is 19.1 Å². The number of hydrogen-bond acceptors (Lipinski definition) is 5. The van der Waals surface area contributed by atoms with Crippen LogP contribution in [0.3, 0.4) is 0 Å². The summed E-state index contributed by atoms with van der Waals surface area (Å²) in [4.78, 5) is 29.0. The zero-order valence-electron chi connectivity index (χ0n) is 18.7. The molecule has 0 unspecified atom stereocenters. The first-order valence-corrected chi connectivity index (χ1v) is 10.4. The van der Waals surface area contributed by atoms with Crippen molar-refractivity contribution in [1.29, 1.82) is 0 Å². The fourth-order valence-electron chi connectivity index (χ4n) is 3.85.